The fraction of sp³-hybridized carbons (Fsp3) is 0.500. The van der Waals surface area contributed by atoms with E-state index in [0.29, 0.717) is 18.3 Å². The van der Waals surface area contributed by atoms with Gasteiger partial charge in [-0.05, 0) is 30.9 Å². The maximum atomic E-state index is 10.8. The number of primary amides is 1. The molecule has 1 atom stereocenters. The van der Waals surface area contributed by atoms with E-state index in [1.54, 1.807) is 12.1 Å². The van der Waals surface area contributed by atoms with Gasteiger partial charge in [-0.2, -0.15) is 0 Å². The first-order valence-corrected chi connectivity index (χ1v) is 5.31. The van der Waals surface area contributed by atoms with E-state index in [9.17, 15) is 4.79 Å². The Morgan fingerprint density at radius 3 is 2.69 bits per heavy atom. The summed E-state index contributed by atoms with van der Waals surface area (Å²) < 4.78 is 0. The van der Waals surface area contributed by atoms with Gasteiger partial charge in [0.05, 0.1) is 0 Å². The normalized spacial score (nSPS) is 16.8. The van der Waals surface area contributed by atoms with Gasteiger partial charge in [0.25, 0.3) is 5.91 Å². The van der Waals surface area contributed by atoms with Crippen molar-refractivity contribution in [2.75, 3.05) is 11.9 Å². The fourth-order valence-corrected chi connectivity index (χ4v) is 1.60. The summed E-state index contributed by atoms with van der Waals surface area (Å²) >= 11 is 0. The summed E-state index contributed by atoms with van der Waals surface area (Å²) in [5.41, 5.74) is 10.9. The standard InChI is InChI=1S/C10H15N5O/c11-5-8(6-1-2-6)13-9-4-3-7(10(12)16)14-15-9/h3-4,6,8H,1-2,5,11H2,(H2,12,16)(H,13,15). The molecule has 2 rings (SSSR count). The lowest BCUT2D eigenvalue weighted by Crippen LogP contribution is -2.31. The highest BCUT2D eigenvalue weighted by atomic mass is 16.1. The minimum Gasteiger partial charge on any atom is -0.364 e. The smallest absolute Gasteiger partial charge is 0.269 e. The van der Waals surface area contributed by atoms with Gasteiger partial charge in [0.2, 0.25) is 0 Å². The zero-order valence-corrected chi connectivity index (χ0v) is 8.89. The van der Waals surface area contributed by atoms with Gasteiger partial charge in [-0.1, -0.05) is 0 Å². The topological polar surface area (TPSA) is 107 Å². The lowest BCUT2D eigenvalue weighted by molar-refractivity contribution is 0.0994. The van der Waals surface area contributed by atoms with Crippen molar-refractivity contribution in [1.82, 2.24) is 10.2 Å². The zero-order valence-electron chi connectivity index (χ0n) is 8.89. The van der Waals surface area contributed by atoms with Gasteiger partial charge < -0.3 is 16.8 Å². The van der Waals surface area contributed by atoms with Crippen molar-refractivity contribution >= 4 is 11.7 Å². The molecule has 1 aliphatic rings. The van der Waals surface area contributed by atoms with Crippen LogP contribution < -0.4 is 16.8 Å². The highest BCUT2D eigenvalue weighted by Gasteiger charge is 2.30. The third-order valence-electron chi connectivity index (χ3n) is 2.70. The molecule has 86 valence electrons. The summed E-state index contributed by atoms with van der Waals surface area (Å²) in [6.07, 6.45) is 2.42. The van der Waals surface area contributed by atoms with Crippen molar-refractivity contribution in [3.8, 4) is 0 Å². The van der Waals surface area contributed by atoms with Crippen LogP contribution in [0.1, 0.15) is 23.3 Å². The van der Waals surface area contributed by atoms with Crippen LogP contribution in [0.4, 0.5) is 5.82 Å². The number of aromatic nitrogens is 2. The predicted octanol–water partition coefficient (Wildman–Crippen LogP) is -0.275. The van der Waals surface area contributed by atoms with Crippen molar-refractivity contribution in [3.05, 3.63) is 17.8 Å². The molecule has 1 fully saturated rings. The molecule has 6 nitrogen and oxygen atoms in total. The maximum absolute atomic E-state index is 10.8. The first-order valence-electron chi connectivity index (χ1n) is 5.31. The summed E-state index contributed by atoms with van der Waals surface area (Å²) in [7, 11) is 0. The van der Waals surface area contributed by atoms with Crippen LogP contribution in [0.2, 0.25) is 0 Å². The molecule has 0 saturated heterocycles. The summed E-state index contributed by atoms with van der Waals surface area (Å²) in [4.78, 5) is 10.8. The van der Waals surface area contributed by atoms with Crippen molar-refractivity contribution in [2.45, 2.75) is 18.9 Å². The second kappa shape index (κ2) is 4.44. The number of nitrogens with one attached hydrogen (secondary N) is 1. The van der Waals surface area contributed by atoms with E-state index in [-0.39, 0.29) is 11.7 Å². The SMILES string of the molecule is NCC(Nc1ccc(C(N)=O)nn1)C1CC1. The van der Waals surface area contributed by atoms with Gasteiger partial charge in [-0.15, -0.1) is 10.2 Å². The summed E-state index contributed by atoms with van der Waals surface area (Å²) in [6, 6.07) is 3.49. The molecular weight excluding hydrogens is 206 g/mol. The van der Waals surface area contributed by atoms with Gasteiger partial charge in [-0.3, -0.25) is 4.79 Å². The number of nitrogens with zero attached hydrogens (tertiary/aromatic N) is 2. The van der Waals surface area contributed by atoms with Crippen molar-refractivity contribution in [3.63, 3.8) is 0 Å². The predicted molar refractivity (Wildman–Crippen MR) is 59.7 cm³/mol. The van der Waals surface area contributed by atoms with E-state index in [2.05, 4.69) is 15.5 Å². The van der Waals surface area contributed by atoms with E-state index < -0.39 is 5.91 Å². The van der Waals surface area contributed by atoms with Gasteiger partial charge in [0.15, 0.2) is 5.69 Å². The van der Waals surface area contributed by atoms with E-state index in [0.717, 1.165) is 0 Å². The van der Waals surface area contributed by atoms with Crippen molar-refractivity contribution < 1.29 is 4.79 Å². The summed E-state index contributed by atoms with van der Waals surface area (Å²) in [5, 5.41) is 10.8. The molecule has 1 aromatic heterocycles. The fourth-order valence-electron chi connectivity index (χ4n) is 1.60. The Hall–Kier alpha value is -1.69. The van der Waals surface area contributed by atoms with Crippen LogP contribution in [-0.4, -0.2) is 28.7 Å². The Morgan fingerprint density at radius 2 is 2.25 bits per heavy atom. The van der Waals surface area contributed by atoms with Crippen molar-refractivity contribution in [2.24, 2.45) is 17.4 Å². The van der Waals surface area contributed by atoms with E-state index >= 15 is 0 Å². The molecule has 1 aromatic rings. The monoisotopic (exact) mass is 221 g/mol. The third kappa shape index (κ3) is 2.46. The molecule has 0 spiro atoms. The van der Waals surface area contributed by atoms with Gasteiger partial charge in [0.1, 0.15) is 5.82 Å². The number of carbonyl (C=O) groups excluding carboxylic acids is 1. The van der Waals surface area contributed by atoms with Crippen LogP contribution in [0.25, 0.3) is 0 Å². The molecule has 6 heteroatoms. The average Bonchev–Trinajstić information content (AvgIpc) is 3.10. The molecule has 5 N–H and O–H groups in total. The molecule has 0 radical (unpaired) electrons. The van der Waals surface area contributed by atoms with Gasteiger partial charge in [0, 0.05) is 12.6 Å². The number of rotatable bonds is 5. The molecule has 1 amide bonds. The molecule has 1 heterocycles. The highest BCUT2D eigenvalue weighted by molar-refractivity contribution is 5.90. The van der Waals surface area contributed by atoms with Crippen LogP contribution in [0.15, 0.2) is 12.1 Å². The highest BCUT2D eigenvalue weighted by Crippen LogP contribution is 2.33. The van der Waals surface area contributed by atoms with Gasteiger partial charge >= 0.3 is 0 Å². The Labute approximate surface area is 93.4 Å². The zero-order chi connectivity index (χ0) is 11.5. The van der Waals surface area contributed by atoms with E-state index in [1.807, 2.05) is 0 Å². The Morgan fingerprint density at radius 1 is 1.50 bits per heavy atom. The van der Waals surface area contributed by atoms with Crippen LogP contribution in [-0.2, 0) is 0 Å². The number of anilines is 1. The Kier molecular flexibility index (Phi) is 3.00. The lowest BCUT2D eigenvalue weighted by Gasteiger charge is -2.15. The van der Waals surface area contributed by atoms with Gasteiger partial charge in [-0.25, -0.2) is 0 Å². The van der Waals surface area contributed by atoms with Crippen molar-refractivity contribution in [1.29, 1.82) is 0 Å². The first kappa shape index (κ1) is 10.8. The molecule has 0 aliphatic heterocycles. The second-order valence-electron chi connectivity index (χ2n) is 3.99. The van der Waals surface area contributed by atoms with Crippen LogP contribution in [0.3, 0.4) is 0 Å². The third-order valence-corrected chi connectivity index (χ3v) is 2.70. The number of nitrogens with two attached hydrogens (primary N) is 2. The molecular formula is C10H15N5O. The quantitative estimate of drug-likeness (QED) is 0.634. The number of hydrogen-bond acceptors (Lipinski definition) is 5. The largest absolute Gasteiger partial charge is 0.364 e. The minimum atomic E-state index is -0.573. The molecule has 1 unspecified atom stereocenters. The summed E-state index contributed by atoms with van der Waals surface area (Å²) in [5.74, 6) is 0.701. The average molecular weight is 221 g/mol. The molecule has 1 aliphatic carbocycles. The van der Waals surface area contributed by atoms with Crippen LogP contribution in [0, 0.1) is 5.92 Å². The Bertz CT molecular complexity index is 373. The van der Waals surface area contributed by atoms with Crippen LogP contribution >= 0.6 is 0 Å². The number of carbonyl (C=O) groups is 1. The van der Waals surface area contributed by atoms with E-state index in [4.69, 9.17) is 11.5 Å². The number of hydrogen-bond donors (Lipinski definition) is 3. The second-order valence-corrected chi connectivity index (χ2v) is 3.99. The Balaban J connectivity index is 2.01. The molecule has 1 saturated carbocycles. The maximum Gasteiger partial charge on any atom is 0.269 e. The lowest BCUT2D eigenvalue weighted by atomic mass is 10.2. The van der Waals surface area contributed by atoms with Crippen LogP contribution in [0.5, 0.6) is 0 Å². The van der Waals surface area contributed by atoms with E-state index in [1.165, 1.54) is 12.8 Å². The molecule has 16 heavy (non-hydrogen) atoms. The molecule has 0 bridgehead atoms. The summed E-state index contributed by atoms with van der Waals surface area (Å²) in [6.45, 7) is 0.573. The molecule has 0 aromatic carbocycles. The minimum absolute atomic E-state index is 0.168. The first-order chi connectivity index (χ1) is 7.70. The number of amides is 1.